The van der Waals surface area contributed by atoms with E-state index in [1.165, 1.54) is 30.6 Å². The van der Waals surface area contributed by atoms with Crippen molar-refractivity contribution in [2.75, 3.05) is 11.9 Å². The van der Waals surface area contributed by atoms with Gasteiger partial charge in [-0.2, -0.15) is 0 Å². The van der Waals surface area contributed by atoms with Gasteiger partial charge in [-0.15, -0.1) is 0 Å². The molecular formula is C23H19FN2O3S. The summed E-state index contributed by atoms with van der Waals surface area (Å²) in [6.45, 7) is 0.597. The molecule has 4 rings (SSSR count). The van der Waals surface area contributed by atoms with Crippen LogP contribution in [0.2, 0.25) is 0 Å². The largest absolute Gasteiger partial charge is 0.493 e. The third-order valence-electron chi connectivity index (χ3n) is 4.74. The number of aromatic nitrogens is 1. The van der Waals surface area contributed by atoms with E-state index in [1.807, 2.05) is 24.3 Å². The van der Waals surface area contributed by atoms with Gasteiger partial charge in [-0.05, 0) is 55.1 Å². The molecule has 0 saturated carbocycles. The van der Waals surface area contributed by atoms with Crippen molar-refractivity contribution in [3.63, 3.8) is 0 Å². The van der Waals surface area contributed by atoms with E-state index < -0.39 is 5.97 Å². The number of hydrogen-bond donors (Lipinski definition) is 2. The number of fused-ring (bicyclic) bond motifs is 1. The molecule has 0 saturated heterocycles. The average Bonchev–Trinajstić information content (AvgIpc) is 2.75. The number of hydrogen-bond acceptors (Lipinski definition) is 5. The molecule has 3 aromatic rings. The Morgan fingerprint density at radius 1 is 1.20 bits per heavy atom. The van der Waals surface area contributed by atoms with E-state index in [0.29, 0.717) is 12.3 Å². The quantitative estimate of drug-likeness (QED) is 0.542. The lowest BCUT2D eigenvalue weighted by molar-refractivity contribution is 0.0698. The van der Waals surface area contributed by atoms with E-state index in [1.54, 1.807) is 30.1 Å². The summed E-state index contributed by atoms with van der Waals surface area (Å²) in [6, 6.07) is 13.9. The third kappa shape index (κ3) is 4.63. The number of benzene rings is 2. The monoisotopic (exact) mass is 422 g/mol. The number of halogens is 1. The Hall–Kier alpha value is -3.32. The summed E-state index contributed by atoms with van der Waals surface area (Å²) in [4.78, 5) is 17.3. The fourth-order valence-electron chi connectivity index (χ4n) is 3.25. The Morgan fingerprint density at radius 3 is 2.80 bits per heavy atom. The molecule has 7 heteroatoms. The van der Waals surface area contributed by atoms with Crippen molar-refractivity contribution in [1.29, 1.82) is 0 Å². The summed E-state index contributed by atoms with van der Waals surface area (Å²) in [6.07, 6.45) is 7.53. The van der Waals surface area contributed by atoms with E-state index >= 15 is 0 Å². The minimum atomic E-state index is -1.00. The van der Waals surface area contributed by atoms with Crippen LogP contribution in [0.3, 0.4) is 0 Å². The van der Waals surface area contributed by atoms with E-state index in [9.17, 15) is 14.3 Å². The van der Waals surface area contributed by atoms with Crippen LogP contribution in [0, 0.1) is 5.82 Å². The third-order valence-corrected chi connectivity index (χ3v) is 5.74. The standard InChI is InChI=1S/C23H19FN2O3S/c24-16-1-3-17(4-2-16)30-18-5-6-19-15(9-12-29-22(19)13-18)7-11-26-21-14-25-10-8-20(21)23(27)28/h1-8,10-11,13-15,26H,9,12H2,(H,27,28)/b11-7+. The molecule has 1 unspecified atom stereocenters. The smallest absolute Gasteiger partial charge is 0.337 e. The second-order valence-electron chi connectivity index (χ2n) is 6.73. The highest BCUT2D eigenvalue weighted by Gasteiger charge is 2.20. The zero-order valence-corrected chi connectivity index (χ0v) is 16.7. The molecular weight excluding hydrogens is 403 g/mol. The van der Waals surface area contributed by atoms with E-state index in [-0.39, 0.29) is 17.3 Å². The highest BCUT2D eigenvalue weighted by molar-refractivity contribution is 7.99. The second kappa shape index (κ2) is 9.00. The van der Waals surface area contributed by atoms with Crippen LogP contribution in [-0.2, 0) is 0 Å². The second-order valence-corrected chi connectivity index (χ2v) is 7.88. The summed E-state index contributed by atoms with van der Waals surface area (Å²) < 4.78 is 18.9. The number of nitrogens with zero attached hydrogens (tertiary/aromatic N) is 1. The number of allylic oxidation sites excluding steroid dienone is 1. The molecule has 1 atom stereocenters. The molecule has 0 fully saturated rings. The van der Waals surface area contributed by atoms with Crippen molar-refractivity contribution < 1.29 is 19.0 Å². The van der Waals surface area contributed by atoms with Crippen LogP contribution in [0.1, 0.15) is 28.3 Å². The van der Waals surface area contributed by atoms with Crippen molar-refractivity contribution >= 4 is 23.4 Å². The Balaban J connectivity index is 1.48. The first kappa shape index (κ1) is 20.0. The first-order chi connectivity index (χ1) is 14.6. The van der Waals surface area contributed by atoms with E-state index in [2.05, 4.69) is 10.3 Å². The van der Waals surface area contributed by atoms with Gasteiger partial charge in [0.2, 0.25) is 0 Å². The van der Waals surface area contributed by atoms with Gasteiger partial charge in [-0.3, -0.25) is 4.98 Å². The van der Waals surface area contributed by atoms with Crippen molar-refractivity contribution in [3.8, 4) is 5.75 Å². The van der Waals surface area contributed by atoms with Crippen molar-refractivity contribution in [2.45, 2.75) is 22.1 Å². The van der Waals surface area contributed by atoms with Gasteiger partial charge in [-0.1, -0.05) is 23.9 Å². The van der Waals surface area contributed by atoms with Gasteiger partial charge in [0.1, 0.15) is 11.6 Å². The van der Waals surface area contributed by atoms with Gasteiger partial charge >= 0.3 is 5.97 Å². The molecule has 1 aromatic heterocycles. The maximum absolute atomic E-state index is 13.1. The Kier molecular flexibility index (Phi) is 5.99. The topological polar surface area (TPSA) is 71.5 Å². The van der Waals surface area contributed by atoms with Crippen molar-refractivity contribution in [2.24, 2.45) is 0 Å². The Labute approximate surface area is 177 Å². The summed E-state index contributed by atoms with van der Waals surface area (Å²) >= 11 is 1.55. The molecule has 0 bridgehead atoms. The van der Waals surface area contributed by atoms with Crippen LogP contribution in [0.4, 0.5) is 10.1 Å². The lowest BCUT2D eigenvalue weighted by Gasteiger charge is -2.24. The number of ether oxygens (including phenoxy) is 1. The van der Waals surface area contributed by atoms with Gasteiger partial charge in [0.25, 0.3) is 0 Å². The lowest BCUT2D eigenvalue weighted by Crippen LogP contribution is -2.13. The summed E-state index contributed by atoms with van der Waals surface area (Å²) in [5.74, 6) is -0.277. The van der Waals surface area contributed by atoms with E-state index in [4.69, 9.17) is 4.74 Å². The maximum atomic E-state index is 13.1. The normalized spacial score (nSPS) is 15.4. The minimum Gasteiger partial charge on any atom is -0.493 e. The molecule has 0 aliphatic carbocycles. The van der Waals surface area contributed by atoms with Crippen LogP contribution in [0.5, 0.6) is 5.75 Å². The predicted octanol–water partition coefficient (Wildman–Crippen LogP) is 5.56. The van der Waals surface area contributed by atoms with Gasteiger partial charge in [0, 0.05) is 27.5 Å². The molecule has 0 spiro atoms. The average molecular weight is 422 g/mol. The molecule has 0 amide bonds. The molecule has 152 valence electrons. The molecule has 0 radical (unpaired) electrons. The maximum Gasteiger partial charge on any atom is 0.337 e. The number of carbonyl (C=O) groups is 1. The van der Waals surface area contributed by atoms with Crippen LogP contribution < -0.4 is 10.1 Å². The molecule has 2 N–H and O–H groups in total. The van der Waals surface area contributed by atoms with Crippen LogP contribution in [0.25, 0.3) is 0 Å². The molecule has 5 nitrogen and oxygen atoms in total. The molecule has 1 aliphatic heterocycles. The fourth-order valence-corrected chi connectivity index (χ4v) is 4.10. The molecule has 1 aliphatic rings. The van der Waals surface area contributed by atoms with Gasteiger partial charge in [-0.25, -0.2) is 9.18 Å². The van der Waals surface area contributed by atoms with Gasteiger partial charge in [0.15, 0.2) is 0 Å². The van der Waals surface area contributed by atoms with Crippen molar-refractivity contribution in [1.82, 2.24) is 4.98 Å². The Morgan fingerprint density at radius 2 is 2.00 bits per heavy atom. The molecule has 2 heterocycles. The number of nitrogens with one attached hydrogen (secondary N) is 1. The van der Waals surface area contributed by atoms with Crippen molar-refractivity contribution in [3.05, 3.63) is 90.1 Å². The Bertz CT molecular complexity index is 1090. The summed E-state index contributed by atoms with van der Waals surface area (Å²) in [5.41, 5.74) is 1.69. The van der Waals surface area contributed by atoms with Gasteiger partial charge in [0.05, 0.1) is 24.1 Å². The minimum absolute atomic E-state index is 0.149. The number of pyridine rings is 1. The molecule has 30 heavy (non-hydrogen) atoms. The number of aromatic carboxylic acids is 1. The first-order valence-electron chi connectivity index (χ1n) is 9.41. The fraction of sp³-hybridized carbons (Fsp3) is 0.130. The number of anilines is 1. The van der Waals surface area contributed by atoms with E-state index in [0.717, 1.165) is 27.5 Å². The molecule has 2 aromatic carbocycles. The first-order valence-corrected chi connectivity index (χ1v) is 10.2. The summed E-state index contributed by atoms with van der Waals surface area (Å²) in [7, 11) is 0. The highest BCUT2D eigenvalue weighted by Crippen LogP contribution is 2.39. The van der Waals surface area contributed by atoms with Gasteiger partial charge < -0.3 is 15.2 Å². The number of carboxylic acid groups (broad SMARTS) is 1. The number of rotatable bonds is 6. The lowest BCUT2D eigenvalue weighted by atomic mass is 9.93. The van der Waals surface area contributed by atoms with Crippen LogP contribution in [-0.4, -0.2) is 22.7 Å². The van der Waals surface area contributed by atoms with Crippen LogP contribution in [0.15, 0.2) is 83.0 Å². The predicted molar refractivity (Wildman–Crippen MR) is 114 cm³/mol. The SMILES string of the molecule is O=C(O)c1ccncc1N/C=C/C1CCOc2cc(Sc3ccc(F)cc3)ccc21. The van der Waals surface area contributed by atoms with Crippen LogP contribution >= 0.6 is 11.8 Å². The zero-order valence-electron chi connectivity index (χ0n) is 15.9. The summed E-state index contributed by atoms with van der Waals surface area (Å²) in [5, 5.41) is 12.3. The highest BCUT2D eigenvalue weighted by atomic mass is 32.2. The number of carboxylic acids is 1. The zero-order chi connectivity index (χ0) is 20.9.